The third-order valence-corrected chi connectivity index (χ3v) is 4.60. The molecule has 1 aliphatic rings. The Morgan fingerprint density at radius 1 is 1.21 bits per heavy atom. The van der Waals surface area contributed by atoms with Crippen molar-refractivity contribution >= 4 is 23.2 Å². The molecule has 1 aromatic rings. The number of rotatable bonds is 5. The topological polar surface area (TPSA) is 87.1 Å². The van der Waals surface area contributed by atoms with Crippen molar-refractivity contribution in [3.8, 4) is 0 Å². The van der Waals surface area contributed by atoms with Crippen LogP contribution in [-0.4, -0.2) is 29.7 Å². The first kappa shape index (κ1) is 18.0. The Kier molecular flexibility index (Phi) is 5.32. The van der Waals surface area contributed by atoms with Crippen molar-refractivity contribution in [2.24, 2.45) is 5.92 Å². The van der Waals surface area contributed by atoms with E-state index in [2.05, 4.69) is 5.32 Å². The quantitative estimate of drug-likeness (QED) is 0.643. The van der Waals surface area contributed by atoms with Gasteiger partial charge in [-0.3, -0.25) is 19.8 Å². The largest absolute Gasteiger partial charge is 0.351 e. The lowest BCUT2D eigenvalue weighted by Crippen LogP contribution is -2.31. The molecular weight excluding hydrogens is 304 g/mol. The summed E-state index contributed by atoms with van der Waals surface area (Å²) in [6.45, 7) is 7.60. The number of carbonyl (C=O) groups is 3. The first-order chi connectivity index (χ1) is 11.2. The van der Waals surface area contributed by atoms with Gasteiger partial charge in [0.2, 0.25) is 0 Å². The van der Waals surface area contributed by atoms with E-state index in [4.69, 9.17) is 5.41 Å². The number of benzene rings is 1. The van der Waals surface area contributed by atoms with Gasteiger partial charge in [-0.1, -0.05) is 17.7 Å². The number of ketones is 2. The molecule has 2 unspecified atom stereocenters. The first-order valence-electron chi connectivity index (χ1n) is 8.20. The molecule has 0 aromatic heterocycles. The van der Waals surface area contributed by atoms with Gasteiger partial charge in [0.25, 0.3) is 5.91 Å². The van der Waals surface area contributed by atoms with Gasteiger partial charge in [0.1, 0.15) is 11.7 Å². The third-order valence-electron chi connectivity index (χ3n) is 4.60. The molecule has 2 rings (SSSR count). The van der Waals surface area contributed by atoms with Crippen molar-refractivity contribution in [2.75, 3.05) is 6.54 Å². The number of carbonyl (C=O) groups excluding carboxylic acids is 3. The SMILES string of the molecule is CC(=N)C(=O)NCCC1CC(=O)C(c2c(C)cc(C)cc2C)C1=O. The fraction of sp³-hybridized carbons (Fsp3) is 0.474. The van der Waals surface area contributed by atoms with Crippen LogP contribution in [0.2, 0.25) is 0 Å². The Balaban J connectivity index is 2.12. The normalized spacial score (nSPS) is 20.3. The van der Waals surface area contributed by atoms with E-state index in [9.17, 15) is 14.4 Å². The molecular formula is C19H24N2O3. The van der Waals surface area contributed by atoms with Crippen molar-refractivity contribution in [2.45, 2.75) is 46.5 Å². The van der Waals surface area contributed by atoms with Crippen molar-refractivity contribution in [1.82, 2.24) is 5.32 Å². The van der Waals surface area contributed by atoms with Crippen LogP contribution in [0.1, 0.15) is 47.9 Å². The van der Waals surface area contributed by atoms with E-state index in [1.807, 2.05) is 32.9 Å². The summed E-state index contributed by atoms with van der Waals surface area (Å²) in [5.74, 6) is -1.54. The van der Waals surface area contributed by atoms with Gasteiger partial charge < -0.3 is 5.32 Å². The highest BCUT2D eigenvalue weighted by atomic mass is 16.2. The van der Waals surface area contributed by atoms with Crippen LogP contribution in [0, 0.1) is 32.1 Å². The van der Waals surface area contributed by atoms with Gasteiger partial charge in [0.05, 0.1) is 5.71 Å². The predicted molar refractivity (Wildman–Crippen MR) is 92.5 cm³/mol. The highest BCUT2D eigenvalue weighted by Crippen LogP contribution is 2.37. The zero-order valence-electron chi connectivity index (χ0n) is 14.7. The van der Waals surface area contributed by atoms with Crippen LogP contribution >= 0.6 is 0 Å². The Bertz CT molecular complexity index is 698. The molecule has 1 aliphatic carbocycles. The zero-order valence-corrected chi connectivity index (χ0v) is 14.7. The summed E-state index contributed by atoms with van der Waals surface area (Å²) in [4.78, 5) is 36.6. The molecule has 128 valence electrons. The van der Waals surface area contributed by atoms with Crippen LogP contribution in [0.5, 0.6) is 0 Å². The van der Waals surface area contributed by atoms with E-state index in [1.165, 1.54) is 6.92 Å². The smallest absolute Gasteiger partial charge is 0.264 e. The number of hydrogen-bond acceptors (Lipinski definition) is 4. The van der Waals surface area contributed by atoms with Crippen molar-refractivity contribution in [1.29, 1.82) is 5.41 Å². The molecule has 5 nitrogen and oxygen atoms in total. The third kappa shape index (κ3) is 3.61. The minimum Gasteiger partial charge on any atom is -0.351 e. The second-order valence-electron chi connectivity index (χ2n) is 6.68. The summed E-state index contributed by atoms with van der Waals surface area (Å²) >= 11 is 0. The molecule has 5 heteroatoms. The van der Waals surface area contributed by atoms with Gasteiger partial charge in [-0.2, -0.15) is 0 Å². The summed E-state index contributed by atoms with van der Waals surface area (Å²) < 4.78 is 0. The van der Waals surface area contributed by atoms with Gasteiger partial charge in [-0.25, -0.2) is 0 Å². The van der Waals surface area contributed by atoms with E-state index >= 15 is 0 Å². The average molecular weight is 328 g/mol. The second-order valence-corrected chi connectivity index (χ2v) is 6.68. The highest BCUT2D eigenvalue weighted by Gasteiger charge is 2.42. The lowest BCUT2D eigenvalue weighted by atomic mass is 9.86. The molecule has 0 heterocycles. The van der Waals surface area contributed by atoms with E-state index in [0.29, 0.717) is 13.0 Å². The van der Waals surface area contributed by atoms with Crippen LogP contribution in [-0.2, 0) is 14.4 Å². The maximum atomic E-state index is 12.7. The summed E-state index contributed by atoms with van der Waals surface area (Å²) in [7, 11) is 0. The van der Waals surface area contributed by atoms with E-state index in [0.717, 1.165) is 22.3 Å². The zero-order chi connectivity index (χ0) is 18.0. The van der Waals surface area contributed by atoms with Crippen LogP contribution < -0.4 is 5.32 Å². The van der Waals surface area contributed by atoms with Gasteiger partial charge in [0.15, 0.2) is 5.78 Å². The number of Topliss-reactive ketones (excluding diaryl/α,β-unsaturated/α-hetero) is 2. The molecule has 0 radical (unpaired) electrons. The molecule has 0 bridgehead atoms. The van der Waals surface area contributed by atoms with Gasteiger partial charge in [0, 0.05) is 18.9 Å². The summed E-state index contributed by atoms with van der Waals surface area (Å²) in [6.07, 6.45) is 0.666. The average Bonchev–Trinajstić information content (AvgIpc) is 2.74. The van der Waals surface area contributed by atoms with Crippen molar-refractivity contribution in [3.05, 3.63) is 34.4 Å². The summed E-state index contributed by atoms with van der Waals surface area (Å²) in [6, 6.07) is 4.01. The molecule has 2 N–H and O–H groups in total. The molecule has 2 atom stereocenters. The van der Waals surface area contributed by atoms with Crippen LogP contribution in [0.25, 0.3) is 0 Å². The predicted octanol–water partition coefficient (Wildman–Crippen LogP) is 2.40. The van der Waals surface area contributed by atoms with Crippen LogP contribution in [0.4, 0.5) is 0 Å². The Labute approximate surface area is 142 Å². The van der Waals surface area contributed by atoms with Crippen LogP contribution in [0.3, 0.4) is 0 Å². The van der Waals surface area contributed by atoms with Gasteiger partial charge in [-0.15, -0.1) is 0 Å². The molecule has 1 saturated carbocycles. The van der Waals surface area contributed by atoms with Crippen molar-refractivity contribution in [3.63, 3.8) is 0 Å². The Morgan fingerprint density at radius 3 is 2.33 bits per heavy atom. The first-order valence-corrected chi connectivity index (χ1v) is 8.20. The maximum absolute atomic E-state index is 12.7. The maximum Gasteiger partial charge on any atom is 0.264 e. The monoisotopic (exact) mass is 328 g/mol. The summed E-state index contributed by atoms with van der Waals surface area (Å²) in [5, 5.41) is 9.84. The Hall–Kier alpha value is -2.30. The molecule has 1 aromatic carbocycles. The fourth-order valence-electron chi connectivity index (χ4n) is 3.54. The second kappa shape index (κ2) is 7.07. The highest BCUT2D eigenvalue weighted by molar-refractivity contribution is 6.36. The van der Waals surface area contributed by atoms with E-state index < -0.39 is 11.8 Å². The lowest BCUT2D eigenvalue weighted by Gasteiger charge is -2.16. The molecule has 0 spiro atoms. The lowest BCUT2D eigenvalue weighted by molar-refractivity contribution is -0.125. The number of amides is 1. The molecule has 1 amide bonds. The van der Waals surface area contributed by atoms with Gasteiger partial charge in [-0.05, 0) is 50.8 Å². The molecule has 1 fully saturated rings. The standard InChI is InChI=1S/C19H24N2O3/c1-10-7-11(2)16(12(3)8-10)17-15(22)9-14(18(17)23)5-6-21-19(24)13(4)20/h7-8,14,17,20H,5-6,9H2,1-4H3,(H,21,24). The van der Waals surface area contributed by atoms with E-state index in [1.54, 1.807) is 0 Å². The number of hydrogen-bond donors (Lipinski definition) is 2. The summed E-state index contributed by atoms with van der Waals surface area (Å²) in [5.41, 5.74) is 3.86. The molecule has 24 heavy (non-hydrogen) atoms. The molecule has 0 saturated heterocycles. The minimum absolute atomic E-state index is 0.0328. The minimum atomic E-state index is -0.671. The van der Waals surface area contributed by atoms with Gasteiger partial charge >= 0.3 is 0 Å². The van der Waals surface area contributed by atoms with Crippen LogP contribution in [0.15, 0.2) is 12.1 Å². The fourth-order valence-corrected chi connectivity index (χ4v) is 3.54. The number of aryl methyl sites for hydroxylation is 3. The molecule has 0 aliphatic heterocycles. The van der Waals surface area contributed by atoms with E-state index in [-0.39, 0.29) is 29.6 Å². The van der Waals surface area contributed by atoms with Crippen molar-refractivity contribution < 1.29 is 14.4 Å². The Morgan fingerprint density at radius 2 is 1.79 bits per heavy atom. The number of nitrogens with one attached hydrogen (secondary N) is 2.